The Morgan fingerprint density at radius 3 is 2.43 bits per heavy atom. The number of hydrogen-bond acceptors (Lipinski definition) is 2. The fourth-order valence-corrected chi connectivity index (χ4v) is 2.26. The van der Waals surface area contributed by atoms with Crippen LogP contribution < -0.4 is 5.73 Å². The molecule has 0 heterocycles. The molecule has 0 spiro atoms. The van der Waals surface area contributed by atoms with Crippen molar-refractivity contribution in [2.75, 3.05) is 5.73 Å². The van der Waals surface area contributed by atoms with E-state index < -0.39 is 0 Å². The lowest BCUT2D eigenvalue weighted by Gasteiger charge is -2.15. The Morgan fingerprint density at radius 1 is 1.29 bits per heavy atom. The van der Waals surface area contributed by atoms with Crippen molar-refractivity contribution >= 4 is 29.1 Å². The van der Waals surface area contributed by atoms with Crippen molar-refractivity contribution in [3.8, 4) is 0 Å². The quantitative estimate of drug-likeness (QED) is 0.625. The Balaban J connectivity index is 2.77. The molecule has 1 nitrogen and oxygen atoms in total. The van der Waals surface area contributed by atoms with E-state index in [-0.39, 0.29) is 0 Å². The van der Waals surface area contributed by atoms with Crippen LogP contribution in [0.3, 0.4) is 0 Å². The second-order valence-corrected chi connectivity index (χ2v) is 5.58. The lowest BCUT2D eigenvalue weighted by atomic mass is 10.2. The van der Waals surface area contributed by atoms with Crippen molar-refractivity contribution in [1.82, 2.24) is 0 Å². The molecule has 0 fully saturated rings. The second kappa shape index (κ2) is 4.94. The number of thioether (sulfide) groups is 1. The molecule has 1 unspecified atom stereocenters. The van der Waals surface area contributed by atoms with Gasteiger partial charge in [0.2, 0.25) is 0 Å². The minimum absolute atomic E-state index is 0.566. The third-order valence-electron chi connectivity index (χ3n) is 2.21. The lowest BCUT2D eigenvalue weighted by molar-refractivity contribution is 0.642. The van der Waals surface area contributed by atoms with Crippen LogP contribution in [0.1, 0.15) is 20.8 Å². The maximum Gasteiger partial charge on any atom is 0.0562 e. The lowest BCUT2D eigenvalue weighted by Crippen LogP contribution is -2.05. The van der Waals surface area contributed by atoms with E-state index in [0.29, 0.717) is 11.2 Å². The van der Waals surface area contributed by atoms with Gasteiger partial charge in [0, 0.05) is 15.8 Å². The summed E-state index contributed by atoms with van der Waals surface area (Å²) >= 11 is 7.88. The van der Waals surface area contributed by atoms with Crippen LogP contribution in [0.2, 0.25) is 5.02 Å². The zero-order valence-corrected chi connectivity index (χ0v) is 10.3. The van der Waals surface area contributed by atoms with Gasteiger partial charge in [0.25, 0.3) is 0 Å². The Morgan fingerprint density at radius 2 is 1.93 bits per heavy atom. The van der Waals surface area contributed by atoms with Gasteiger partial charge in [-0.25, -0.2) is 0 Å². The maximum atomic E-state index is 6.08. The SMILES string of the molecule is CC(C)C(C)Sc1ccc(N)cc1Cl. The highest BCUT2D eigenvalue weighted by molar-refractivity contribution is 8.00. The predicted molar refractivity (Wildman–Crippen MR) is 66.0 cm³/mol. The molecule has 3 heteroatoms. The predicted octanol–water partition coefficient (Wildman–Crippen LogP) is 4.06. The number of halogens is 1. The topological polar surface area (TPSA) is 26.0 Å². The fourth-order valence-electron chi connectivity index (χ4n) is 0.949. The molecule has 1 rings (SSSR count). The number of anilines is 1. The highest BCUT2D eigenvalue weighted by Gasteiger charge is 2.10. The molecule has 1 aromatic carbocycles. The number of nitrogen functional groups attached to an aromatic ring is 1. The van der Waals surface area contributed by atoms with Crippen LogP contribution >= 0.6 is 23.4 Å². The van der Waals surface area contributed by atoms with Crippen molar-refractivity contribution in [2.24, 2.45) is 5.92 Å². The molecule has 0 bridgehead atoms. The fraction of sp³-hybridized carbons (Fsp3) is 0.455. The Bertz CT molecular complexity index is 312. The molecule has 0 aliphatic heterocycles. The van der Waals surface area contributed by atoms with E-state index in [4.69, 9.17) is 17.3 Å². The first-order valence-electron chi connectivity index (χ1n) is 4.72. The molecule has 2 N–H and O–H groups in total. The monoisotopic (exact) mass is 229 g/mol. The van der Waals surface area contributed by atoms with Crippen LogP contribution in [-0.4, -0.2) is 5.25 Å². The summed E-state index contributed by atoms with van der Waals surface area (Å²) in [7, 11) is 0. The van der Waals surface area contributed by atoms with Crippen LogP contribution in [0.4, 0.5) is 5.69 Å². The molecule has 0 amide bonds. The highest BCUT2D eigenvalue weighted by Crippen LogP contribution is 2.33. The summed E-state index contributed by atoms with van der Waals surface area (Å²) in [6, 6.07) is 5.68. The Kier molecular flexibility index (Phi) is 4.14. The summed E-state index contributed by atoms with van der Waals surface area (Å²) in [5, 5.41) is 1.32. The van der Waals surface area contributed by atoms with E-state index in [9.17, 15) is 0 Å². The Hall–Kier alpha value is -0.340. The Labute approximate surface area is 95.0 Å². The van der Waals surface area contributed by atoms with Crippen molar-refractivity contribution in [1.29, 1.82) is 0 Å². The summed E-state index contributed by atoms with van der Waals surface area (Å²) in [5.41, 5.74) is 6.34. The summed E-state index contributed by atoms with van der Waals surface area (Å²) in [6.45, 7) is 6.63. The van der Waals surface area contributed by atoms with E-state index in [1.807, 2.05) is 12.1 Å². The zero-order valence-electron chi connectivity index (χ0n) is 8.75. The molecule has 1 atom stereocenters. The van der Waals surface area contributed by atoms with Gasteiger partial charge in [-0.1, -0.05) is 32.4 Å². The average Bonchev–Trinajstić information content (AvgIpc) is 2.09. The minimum atomic E-state index is 0.566. The van der Waals surface area contributed by atoms with Crippen LogP contribution in [0.15, 0.2) is 23.1 Å². The van der Waals surface area contributed by atoms with Crippen LogP contribution in [0.25, 0.3) is 0 Å². The van der Waals surface area contributed by atoms with Gasteiger partial charge in [-0.2, -0.15) is 0 Å². The van der Waals surface area contributed by atoms with Gasteiger partial charge >= 0.3 is 0 Å². The summed E-state index contributed by atoms with van der Waals surface area (Å²) in [5.74, 6) is 0.647. The van der Waals surface area contributed by atoms with Gasteiger partial charge in [-0.3, -0.25) is 0 Å². The van der Waals surface area contributed by atoms with E-state index in [1.54, 1.807) is 17.8 Å². The number of benzene rings is 1. The second-order valence-electron chi connectivity index (χ2n) is 3.76. The molecule has 0 aromatic heterocycles. The van der Waals surface area contributed by atoms with E-state index in [2.05, 4.69) is 20.8 Å². The highest BCUT2D eigenvalue weighted by atomic mass is 35.5. The average molecular weight is 230 g/mol. The molecule has 0 saturated carbocycles. The van der Waals surface area contributed by atoms with Gasteiger partial charge in [0.15, 0.2) is 0 Å². The number of nitrogens with two attached hydrogens (primary N) is 1. The molecule has 1 aromatic rings. The van der Waals surface area contributed by atoms with Crippen LogP contribution in [0, 0.1) is 5.92 Å². The van der Waals surface area contributed by atoms with E-state index >= 15 is 0 Å². The van der Waals surface area contributed by atoms with Crippen LogP contribution in [-0.2, 0) is 0 Å². The molecular weight excluding hydrogens is 214 g/mol. The van der Waals surface area contributed by atoms with Crippen LogP contribution in [0.5, 0.6) is 0 Å². The van der Waals surface area contributed by atoms with Crippen molar-refractivity contribution < 1.29 is 0 Å². The van der Waals surface area contributed by atoms with Crippen molar-refractivity contribution in [3.63, 3.8) is 0 Å². The number of rotatable bonds is 3. The molecule has 0 radical (unpaired) electrons. The molecular formula is C11H16ClNS. The summed E-state index contributed by atoms with van der Waals surface area (Å²) in [4.78, 5) is 1.11. The maximum absolute atomic E-state index is 6.08. The van der Waals surface area contributed by atoms with E-state index in [1.165, 1.54) is 0 Å². The molecule has 14 heavy (non-hydrogen) atoms. The van der Waals surface area contributed by atoms with Gasteiger partial charge in [-0.05, 0) is 24.1 Å². The molecule has 0 saturated heterocycles. The summed E-state index contributed by atoms with van der Waals surface area (Å²) in [6.07, 6.45) is 0. The molecule has 78 valence electrons. The van der Waals surface area contributed by atoms with Gasteiger partial charge < -0.3 is 5.73 Å². The van der Waals surface area contributed by atoms with Crippen molar-refractivity contribution in [2.45, 2.75) is 30.9 Å². The first-order valence-corrected chi connectivity index (χ1v) is 5.98. The first-order chi connectivity index (χ1) is 6.50. The smallest absolute Gasteiger partial charge is 0.0562 e. The van der Waals surface area contributed by atoms with E-state index in [0.717, 1.165) is 15.6 Å². The zero-order chi connectivity index (χ0) is 10.7. The van der Waals surface area contributed by atoms with Gasteiger partial charge in [0.1, 0.15) is 0 Å². The normalized spacial score (nSPS) is 13.2. The molecule has 0 aliphatic rings. The number of hydrogen-bond donors (Lipinski definition) is 1. The minimum Gasteiger partial charge on any atom is -0.399 e. The third-order valence-corrected chi connectivity index (χ3v) is 4.16. The summed E-state index contributed by atoms with van der Waals surface area (Å²) < 4.78 is 0. The molecule has 0 aliphatic carbocycles. The van der Waals surface area contributed by atoms with Gasteiger partial charge in [-0.15, -0.1) is 11.8 Å². The largest absolute Gasteiger partial charge is 0.399 e. The van der Waals surface area contributed by atoms with Gasteiger partial charge in [0.05, 0.1) is 5.02 Å². The van der Waals surface area contributed by atoms with Crippen molar-refractivity contribution in [3.05, 3.63) is 23.2 Å². The standard InChI is InChI=1S/C11H16ClNS/c1-7(2)8(3)14-11-5-4-9(13)6-10(11)12/h4-8H,13H2,1-3H3. The first kappa shape index (κ1) is 11.7. The third kappa shape index (κ3) is 3.10.